The molecule has 0 unspecified atom stereocenters. The summed E-state index contributed by atoms with van der Waals surface area (Å²) in [5.41, 5.74) is 2.14. The van der Waals surface area contributed by atoms with E-state index in [0.29, 0.717) is 24.0 Å². The maximum Gasteiger partial charge on any atom is 0.244 e. The van der Waals surface area contributed by atoms with Crippen molar-refractivity contribution < 1.29 is 8.42 Å². The molecule has 0 N–H and O–H groups in total. The third-order valence-corrected chi connectivity index (χ3v) is 7.23. The van der Waals surface area contributed by atoms with Gasteiger partial charge in [0.15, 0.2) is 0 Å². The van der Waals surface area contributed by atoms with E-state index in [1.807, 2.05) is 18.5 Å². The molecule has 25 heavy (non-hydrogen) atoms. The zero-order valence-corrected chi connectivity index (χ0v) is 16.6. The Morgan fingerprint density at radius 2 is 1.84 bits per heavy atom. The van der Waals surface area contributed by atoms with Gasteiger partial charge in [0.2, 0.25) is 10.0 Å². The van der Waals surface area contributed by atoms with E-state index in [4.69, 9.17) is 23.2 Å². The molecule has 1 aromatic heterocycles. The van der Waals surface area contributed by atoms with Crippen molar-refractivity contribution in [2.24, 2.45) is 5.92 Å². The van der Waals surface area contributed by atoms with E-state index in [2.05, 4.69) is 11.2 Å². The van der Waals surface area contributed by atoms with Crippen LogP contribution in [0.4, 0.5) is 0 Å². The van der Waals surface area contributed by atoms with E-state index in [0.717, 1.165) is 30.8 Å². The zero-order valence-electron chi connectivity index (χ0n) is 14.2. The molecule has 1 aliphatic rings. The summed E-state index contributed by atoms with van der Waals surface area (Å²) in [5, 5.41) is 5.06. The molecule has 1 fully saturated rings. The van der Waals surface area contributed by atoms with Gasteiger partial charge in [-0.25, -0.2) is 8.42 Å². The standard InChI is InChI=1S/C17H21Cl2N3O2S/c1-12-9-13(2)22(20-12)11-14-5-7-21(8-6-14)25(23,24)17-10-15(18)3-4-16(17)19/h3-4,9-10,14H,5-8,11H2,1-2H3. The van der Waals surface area contributed by atoms with Gasteiger partial charge in [0.25, 0.3) is 0 Å². The lowest BCUT2D eigenvalue weighted by Gasteiger charge is -2.31. The molecule has 8 heteroatoms. The number of rotatable bonds is 4. The fourth-order valence-electron chi connectivity index (χ4n) is 3.25. The first-order chi connectivity index (χ1) is 11.8. The lowest BCUT2D eigenvalue weighted by molar-refractivity contribution is 0.246. The summed E-state index contributed by atoms with van der Waals surface area (Å²) >= 11 is 12.0. The Morgan fingerprint density at radius 1 is 1.16 bits per heavy atom. The Hall–Kier alpha value is -1.08. The van der Waals surface area contributed by atoms with Crippen LogP contribution in [0.15, 0.2) is 29.2 Å². The van der Waals surface area contributed by atoms with Crippen LogP contribution in [0.2, 0.25) is 10.0 Å². The number of hydrogen-bond donors (Lipinski definition) is 0. The summed E-state index contributed by atoms with van der Waals surface area (Å²) in [7, 11) is -3.62. The molecule has 0 radical (unpaired) electrons. The summed E-state index contributed by atoms with van der Waals surface area (Å²) in [6.45, 7) is 5.81. The average molecular weight is 402 g/mol. The summed E-state index contributed by atoms with van der Waals surface area (Å²) in [4.78, 5) is 0.0821. The zero-order chi connectivity index (χ0) is 18.2. The fraction of sp³-hybridized carbons (Fsp3) is 0.471. The van der Waals surface area contributed by atoms with Crippen LogP contribution < -0.4 is 0 Å². The molecule has 0 atom stereocenters. The Kier molecular flexibility index (Phi) is 5.44. The van der Waals surface area contributed by atoms with Crippen molar-refractivity contribution in [3.8, 4) is 0 Å². The second kappa shape index (κ2) is 7.27. The Balaban J connectivity index is 1.69. The number of benzene rings is 1. The van der Waals surface area contributed by atoms with Crippen molar-refractivity contribution in [2.75, 3.05) is 13.1 Å². The summed E-state index contributed by atoms with van der Waals surface area (Å²) in [6.07, 6.45) is 1.60. The molecular formula is C17H21Cl2N3O2S. The molecule has 136 valence electrons. The van der Waals surface area contributed by atoms with Gasteiger partial charge in [0, 0.05) is 30.4 Å². The average Bonchev–Trinajstić information content (AvgIpc) is 2.87. The number of nitrogens with zero attached hydrogens (tertiary/aromatic N) is 3. The topological polar surface area (TPSA) is 55.2 Å². The quantitative estimate of drug-likeness (QED) is 0.779. The van der Waals surface area contributed by atoms with Gasteiger partial charge in [-0.1, -0.05) is 23.2 Å². The van der Waals surface area contributed by atoms with Gasteiger partial charge >= 0.3 is 0 Å². The largest absolute Gasteiger partial charge is 0.269 e. The van der Waals surface area contributed by atoms with Crippen molar-refractivity contribution in [1.29, 1.82) is 0 Å². The van der Waals surface area contributed by atoms with Crippen LogP contribution in [0, 0.1) is 19.8 Å². The highest BCUT2D eigenvalue weighted by Gasteiger charge is 2.31. The Bertz CT molecular complexity index is 872. The SMILES string of the molecule is Cc1cc(C)n(CC2CCN(S(=O)(=O)c3cc(Cl)ccc3Cl)CC2)n1. The minimum atomic E-state index is -3.62. The van der Waals surface area contributed by atoms with E-state index < -0.39 is 10.0 Å². The smallest absolute Gasteiger partial charge is 0.244 e. The van der Waals surface area contributed by atoms with Gasteiger partial charge in [0.1, 0.15) is 4.90 Å². The van der Waals surface area contributed by atoms with E-state index >= 15 is 0 Å². The van der Waals surface area contributed by atoms with Crippen molar-refractivity contribution in [3.05, 3.63) is 45.7 Å². The van der Waals surface area contributed by atoms with Crippen molar-refractivity contribution in [2.45, 2.75) is 38.1 Å². The van der Waals surface area contributed by atoms with Crippen LogP contribution >= 0.6 is 23.2 Å². The van der Waals surface area contributed by atoms with Gasteiger partial charge in [0.05, 0.1) is 10.7 Å². The van der Waals surface area contributed by atoms with Gasteiger partial charge in [-0.15, -0.1) is 0 Å². The molecule has 1 aliphatic heterocycles. The molecule has 1 aromatic carbocycles. The molecule has 0 bridgehead atoms. The van der Waals surface area contributed by atoms with Gasteiger partial charge < -0.3 is 0 Å². The van der Waals surface area contributed by atoms with Crippen LogP contribution in [0.1, 0.15) is 24.2 Å². The second-order valence-electron chi connectivity index (χ2n) is 6.53. The van der Waals surface area contributed by atoms with Crippen LogP contribution in [0.25, 0.3) is 0 Å². The van der Waals surface area contributed by atoms with E-state index in [9.17, 15) is 8.42 Å². The first-order valence-corrected chi connectivity index (χ1v) is 10.4. The molecule has 2 aromatic rings. The summed E-state index contributed by atoms with van der Waals surface area (Å²) in [6, 6.07) is 6.58. The predicted molar refractivity (Wildman–Crippen MR) is 99.6 cm³/mol. The van der Waals surface area contributed by atoms with Gasteiger partial charge in [-0.05, 0) is 56.9 Å². The molecule has 2 heterocycles. The molecule has 0 saturated carbocycles. The summed E-state index contributed by atoms with van der Waals surface area (Å²) in [5.74, 6) is 0.416. The van der Waals surface area contributed by atoms with Crippen LogP contribution in [0.3, 0.4) is 0 Å². The Morgan fingerprint density at radius 3 is 2.44 bits per heavy atom. The number of piperidine rings is 1. The molecule has 3 rings (SSSR count). The Labute approximate surface area is 158 Å². The highest BCUT2D eigenvalue weighted by molar-refractivity contribution is 7.89. The number of aromatic nitrogens is 2. The van der Waals surface area contributed by atoms with E-state index in [1.54, 1.807) is 6.07 Å². The second-order valence-corrected chi connectivity index (χ2v) is 9.28. The van der Waals surface area contributed by atoms with Crippen LogP contribution in [-0.2, 0) is 16.6 Å². The van der Waals surface area contributed by atoms with Gasteiger partial charge in [-0.2, -0.15) is 9.40 Å². The van der Waals surface area contributed by atoms with Crippen LogP contribution in [0.5, 0.6) is 0 Å². The number of aryl methyl sites for hydroxylation is 2. The van der Waals surface area contributed by atoms with Crippen LogP contribution in [-0.4, -0.2) is 35.6 Å². The van der Waals surface area contributed by atoms with E-state index in [1.165, 1.54) is 16.4 Å². The lowest BCUT2D eigenvalue weighted by atomic mass is 9.98. The van der Waals surface area contributed by atoms with Crippen molar-refractivity contribution in [3.63, 3.8) is 0 Å². The molecule has 0 spiro atoms. The number of hydrogen-bond acceptors (Lipinski definition) is 3. The molecule has 1 saturated heterocycles. The maximum atomic E-state index is 12.8. The van der Waals surface area contributed by atoms with Crippen molar-refractivity contribution >= 4 is 33.2 Å². The van der Waals surface area contributed by atoms with E-state index in [-0.39, 0.29) is 9.92 Å². The monoisotopic (exact) mass is 401 g/mol. The lowest BCUT2D eigenvalue weighted by Crippen LogP contribution is -2.39. The summed E-state index contributed by atoms with van der Waals surface area (Å²) < 4.78 is 29.2. The number of halogens is 2. The third-order valence-electron chi connectivity index (χ3n) is 4.62. The minimum Gasteiger partial charge on any atom is -0.269 e. The highest BCUT2D eigenvalue weighted by Crippen LogP contribution is 2.30. The highest BCUT2D eigenvalue weighted by atomic mass is 35.5. The maximum absolute atomic E-state index is 12.8. The molecular weight excluding hydrogens is 381 g/mol. The number of sulfonamides is 1. The molecule has 5 nitrogen and oxygen atoms in total. The van der Waals surface area contributed by atoms with Crippen molar-refractivity contribution in [1.82, 2.24) is 14.1 Å². The molecule has 0 amide bonds. The van der Waals surface area contributed by atoms with Gasteiger partial charge in [-0.3, -0.25) is 4.68 Å². The fourth-order valence-corrected chi connectivity index (χ4v) is 5.46. The minimum absolute atomic E-state index is 0.0821. The first-order valence-electron chi connectivity index (χ1n) is 8.23. The third kappa shape index (κ3) is 4.03. The first kappa shape index (κ1) is 18.7. The predicted octanol–water partition coefficient (Wildman–Crippen LogP) is 3.91. The normalized spacial score (nSPS) is 17.1. The molecule has 0 aliphatic carbocycles.